The standard InChI is InChI=1S/C33H30/c1-5-13-26(14-6-1)21-30-25-31(22-27-15-7-2-8-16-27)33(24-29-19-11-4-12-20-29)32(30)23-28-17-9-3-10-18-28/h1-20H,21-25H2. The molecule has 0 N–H and O–H groups in total. The van der Waals surface area contributed by atoms with Crippen molar-refractivity contribution in [2.24, 2.45) is 0 Å². The van der Waals surface area contributed by atoms with Crippen LogP contribution < -0.4 is 0 Å². The van der Waals surface area contributed by atoms with Gasteiger partial charge in [0, 0.05) is 0 Å². The Morgan fingerprint density at radius 2 is 0.606 bits per heavy atom. The van der Waals surface area contributed by atoms with Crippen molar-refractivity contribution in [2.75, 3.05) is 0 Å². The molecule has 4 aromatic rings. The number of benzene rings is 4. The highest BCUT2D eigenvalue weighted by Crippen LogP contribution is 2.39. The van der Waals surface area contributed by atoms with Crippen LogP contribution in [0.3, 0.4) is 0 Å². The second kappa shape index (κ2) is 10.3. The smallest absolute Gasteiger partial charge is 0.00231 e. The van der Waals surface area contributed by atoms with Gasteiger partial charge in [-0.15, -0.1) is 0 Å². The van der Waals surface area contributed by atoms with E-state index in [1.165, 1.54) is 22.3 Å². The van der Waals surface area contributed by atoms with E-state index in [-0.39, 0.29) is 0 Å². The fourth-order valence-electron chi connectivity index (χ4n) is 4.98. The molecule has 0 radical (unpaired) electrons. The zero-order valence-electron chi connectivity index (χ0n) is 19.1. The molecule has 1 aliphatic rings. The van der Waals surface area contributed by atoms with E-state index in [9.17, 15) is 0 Å². The lowest BCUT2D eigenvalue weighted by atomic mass is 9.90. The van der Waals surface area contributed by atoms with E-state index in [0.717, 1.165) is 32.1 Å². The summed E-state index contributed by atoms with van der Waals surface area (Å²) in [5.41, 5.74) is 11.9. The molecule has 4 aromatic carbocycles. The van der Waals surface area contributed by atoms with E-state index in [1.807, 2.05) is 0 Å². The molecular formula is C33H30. The van der Waals surface area contributed by atoms with Crippen molar-refractivity contribution in [3.63, 3.8) is 0 Å². The minimum atomic E-state index is 1.00. The Morgan fingerprint density at radius 3 is 0.909 bits per heavy atom. The Morgan fingerprint density at radius 1 is 0.333 bits per heavy atom. The van der Waals surface area contributed by atoms with E-state index in [0.29, 0.717) is 0 Å². The van der Waals surface area contributed by atoms with Gasteiger partial charge in [0.2, 0.25) is 0 Å². The molecule has 0 unspecified atom stereocenters. The van der Waals surface area contributed by atoms with E-state index in [4.69, 9.17) is 0 Å². The Bertz CT molecular complexity index is 1130. The van der Waals surface area contributed by atoms with E-state index < -0.39 is 0 Å². The monoisotopic (exact) mass is 426 g/mol. The van der Waals surface area contributed by atoms with Crippen molar-refractivity contribution < 1.29 is 0 Å². The summed E-state index contributed by atoms with van der Waals surface area (Å²) in [7, 11) is 0. The predicted octanol–water partition coefficient (Wildman–Crippen LogP) is 7.95. The second-order valence-electron chi connectivity index (χ2n) is 8.99. The lowest BCUT2D eigenvalue weighted by Crippen LogP contribution is -2.01. The van der Waals surface area contributed by atoms with Gasteiger partial charge in [-0.2, -0.15) is 0 Å². The Hall–Kier alpha value is -3.64. The number of rotatable bonds is 8. The van der Waals surface area contributed by atoms with Gasteiger partial charge in [-0.25, -0.2) is 0 Å². The summed E-state index contributed by atoms with van der Waals surface area (Å²) < 4.78 is 0. The first-order chi connectivity index (χ1) is 16.3. The van der Waals surface area contributed by atoms with E-state index >= 15 is 0 Å². The molecule has 0 spiro atoms. The third-order valence-electron chi connectivity index (χ3n) is 6.61. The molecule has 0 heterocycles. The molecule has 0 aliphatic heterocycles. The van der Waals surface area contributed by atoms with Crippen LogP contribution in [0.25, 0.3) is 0 Å². The van der Waals surface area contributed by atoms with Crippen LogP contribution >= 0.6 is 0 Å². The molecule has 0 fully saturated rings. The van der Waals surface area contributed by atoms with E-state index in [2.05, 4.69) is 121 Å². The average Bonchev–Trinajstić information content (AvgIpc) is 3.17. The van der Waals surface area contributed by atoms with Crippen LogP contribution in [0.4, 0.5) is 0 Å². The highest BCUT2D eigenvalue weighted by Gasteiger charge is 2.25. The number of hydrogen-bond acceptors (Lipinski definition) is 0. The topological polar surface area (TPSA) is 0 Å². The van der Waals surface area contributed by atoms with Crippen molar-refractivity contribution in [2.45, 2.75) is 32.1 Å². The highest BCUT2D eigenvalue weighted by atomic mass is 14.3. The Labute approximate surface area is 198 Å². The minimum absolute atomic E-state index is 1.00. The summed E-state index contributed by atoms with van der Waals surface area (Å²) in [5, 5.41) is 0. The van der Waals surface area contributed by atoms with Crippen molar-refractivity contribution in [3.8, 4) is 0 Å². The molecule has 0 nitrogen and oxygen atoms in total. The summed E-state index contributed by atoms with van der Waals surface area (Å²) in [5.74, 6) is 0. The Kier molecular flexibility index (Phi) is 6.63. The molecule has 0 amide bonds. The summed E-state index contributed by atoms with van der Waals surface area (Å²) in [6, 6.07) is 43.8. The van der Waals surface area contributed by atoms with Crippen molar-refractivity contribution >= 4 is 0 Å². The summed E-state index contributed by atoms with van der Waals surface area (Å²) in [6.07, 6.45) is 5.14. The van der Waals surface area contributed by atoms with Gasteiger partial charge >= 0.3 is 0 Å². The molecule has 0 saturated carbocycles. The molecule has 5 rings (SSSR count). The third kappa shape index (κ3) is 5.41. The fourth-order valence-corrected chi connectivity index (χ4v) is 4.98. The van der Waals surface area contributed by atoms with Crippen molar-refractivity contribution in [1.82, 2.24) is 0 Å². The first-order valence-corrected chi connectivity index (χ1v) is 11.9. The molecule has 0 heteroatoms. The maximum absolute atomic E-state index is 2.27. The molecule has 0 saturated heterocycles. The predicted molar refractivity (Wildman–Crippen MR) is 139 cm³/mol. The fraction of sp³-hybridized carbons (Fsp3) is 0.152. The zero-order valence-corrected chi connectivity index (χ0v) is 19.1. The lowest BCUT2D eigenvalue weighted by Gasteiger charge is -2.14. The van der Waals surface area contributed by atoms with Crippen molar-refractivity contribution in [3.05, 3.63) is 166 Å². The van der Waals surface area contributed by atoms with Gasteiger partial charge < -0.3 is 0 Å². The summed E-state index contributed by atoms with van der Waals surface area (Å²) in [4.78, 5) is 0. The molecule has 0 aromatic heterocycles. The highest BCUT2D eigenvalue weighted by molar-refractivity contribution is 5.53. The average molecular weight is 427 g/mol. The first-order valence-electron chi connectivity index (χ1n) is 11.9. The molecule has 0 bridgehead atoms. The molecule has 162 valence electrons. The molecule has 1 aliphatic carbocycles. The van der Waals surface area contributed by atoms with Crippen LogP contribution in [0.5, 0.6) is 0 Å². The number of hydrogen-bond donors (Lipinski definition) is 0. The quantitative estimate of drug-likeness (QED) is 0.268. The van der Waals surface area contributed by atoms with Crippen LogP contribution in [-0.4, -0.2) is 0 Å². The third-order valence-corrected chi connectivity index (χ3v) is 6.61. The van der Waals surface area contributed by atoms with Gasteiger partial charge in [-0.1, -0.05) is 132 Å². The largest absolute Gasteiger partial charge is 0.0622 e. The van der Waals surface area contributed by atoms with Crippen LogP contribution in [-0.2, 0) is 25.7 Å². The SMILES string of the molecule is c1ccc(CC2=C(Cc3ccccc3)C(Cc3ccccc3)=C(Cc3ccccc3)C2)cc1. The zero-order chi connectivity index (χ0) is 22.3. The Balaban J connectivity index is 1.55. The van der Waals surface area contributed by atoms with E-state index in [1.54, 1.807) is 22.3 Å². The second-order valence-corrected chi connectivity index (χ2v) is 8.99. The normalized spacial score (nSPS) is 13.6. The number of allylic oxidation sites excluding steroid dienone is 4. The minimum Gasteiger partial charge on any atom is -0.0622 e. The summed E-state index contributed by atoms with van der Waals surface area (Å²) in [6.45, 7) is 0. The van der Waals surface area contributed by atoms with Crippen LogP contribution in [0.1, 0.15) is 28.7 Å². The van der Waals surface area contributed by atoms with Gasteiger partial charge in [0.05, 0.1) is 0 Å². The maximum Gasteiger partial charge on any atom is -0.00231 e. The first kappa shape index (κ1) is 21.2. The lowest BCUT2D eigenvalue weighted by molar-refractivity contribution is 0.978. The summed E-state index contributed by atoms with van der Waals surface area (Å²) >= 11 is 0. The van der Waals surface area contributed by atoms with Gasteiger partial charge in [0.25, 0.3) is 0 Å². The van der Waals surface area contributed by atoms with Gasteiger partial charge in [-0.3, -0.25) is 0 Å². The molecular weight excluding hydrogens is 396 g/mol. The van der Waals surface area contributed by atoms with Crippen LogP contribution in [0.2, 0.25) is 0 Å². The van der Waals surface area contributed by atoms with Crippen molar-refractivity contribution in [1.29, 1.82) is 0 Å². The van der Waals surface area contributed by atoms with Gasteiger partial charge in [0.1, 0.15) is 0 Å². The van der Waals surface area contributed by atoms with Gasteiger partial charge in [-0.05, 0) is 65.5 Å². The van der Waals surface area contributed by atoms with Crippen LogP contribution in [0, 0.1) is 0 Å². The molecule has 0 atom stereocenters. The van der Waals surface area contributed by atoms with Gasteiger partial charge in [0.15, 0.2) is 0 Å². The molecule has 33 heavy (non-hydrogen) atoms. The van der Waals surface area contributed by atoms with Crippen LogP contribution in [0.15, 0.2) is 144 Å². The maximum atomic E-state index is 2.27.